The number of aromatic nitrogens is 2. The van der Waals surface area contributed by atoms with Crippen LogP contribution in [0.15, 0.2) is 61.4 Å². The summed E-state index contributed by atoms with van der Waals surface area (Å²) in [5.74, 6) is -0.0597. The SMILES string of the molecule is C=CCNC(=O)c1ccccc1.c1cn[nH]c1. The van der Waals surface area contributed by atoms with Crippen molar-refractivity contribution in [3.63, 3.8) is 0 Å². The number of nitrogens with one attached hydrogen (secondary N) is 2. The van der Waals surface area contributed by atoms with Crippen molar-refractivity contribution in [2.75, 3.05) is 6.54 Å². The summed E-state index contributed by atoms with van der Waals surface area (Å²) in [7, 11) is 0. The van der Waals surface area contributed by atoms with Gasteiger partial charge >= 0.3 is 0 Å². The maximum atomic E-state index is 11.2. The van der Waals surface area contributed by atoms with Gasteiger partial charge in [-0.2, -0.15) is 5.10 Å². The highest BCUT2D eigenvalue weighted by atomic mass is 16.1. The Labute approximate surface area is 100 Å². The van der Waals surface area contributed by atoms with E-state index in [1.54, 1.807) is 30.6 Å². The van der Waals surface area contributed by atoms with Crippen molar-refractivity contribution in [1.82, 2.24) is 15.5 Å². The van der Waals surface area contributed by atoms with Gasteiger partial charge in [0.05, 0.1) is 0 Å². The van der Waals surface area contributed by atoms with Gasteiger partial charge in [0.1, 0.15) is 0 Å². The lowest BCUT2D eigenvalue weighted by molar-refractivity contribution is 0.0958. The van der Waals surface area contributed by atoms with Crippen molar-refractivity contribution in [3.8, 4) is 0 Å². The summed E-state index contributed by atoms with van der Waals surface area (Å²) in [5.41, 5.74) is 0.680. The number of hydrogen-bond acceptors (Lipinski definition) is 2. The van der Waals surface area contributed by atoms with E-state index in [0.717, 1.165) is 0 Å². The molecule has 0 bridgehead atoms. The number of rotatable bonds is 3. The molecular weight excluding hydrogens is 214 g/mol. The van der Waals surface area contributed by atoms with Gasteiger partial charge in [0.2, 0.25) is 0 Å². The molecule has 0 saturated heterocycles. The molecule has 0 atom stereocenters. The van der Waals surface area contributed by atoms with Crippen LogP contribution in [0.3, 0.4) is 0 Å². The average Bonchev–Trinajstić information content (AvgIpc) is 2.96. The molecule has 2 aromatic rings. The van der Waals surface area contributed by atoms with Crippen LogP contribution in [-0.4, -0.2) is 22.6 Å². The highest BCUT2D eigenvalue weighted by Crippen LogP contribution is 1.96. The van der Waals surface area contributed by atoms with Gasteiger partial charge < -0.3 is 5.32 Å². The minimum absolute atomic E-state index is 0.0597. The third-order valence-electron chi connectivity index (χ3n) is 1.85. The van der Waals surface area contributed by atoms with Gasteiger partial charge in [-0.15, -0.1) is 6.58 Å². The molecule has 4 heteroatoms. The van der Waals surface area contributed by atoms with Gasteiger partial charge in [0.15, 0.2) is 0 Å². The van der Waals surface area contributed by atoms with Crippen molar-refractivity contribution < 1.29 is 4.79 Å². The molecule has 0 aliphatic rings. The first-order valence-corrected chi connectivity index (χ1v) is 5.22. The molecule has 1 amide bonds. The molecule has 17 heavy (non-hydrogen) atoms. The zero-order valence-electron chi connectivity index (χ0n) is 9.47. The molecule has 88 valence electrons. The minimum atomic E-state index is -0.0597. The molecule has 0 saturated carbocycles. The third-order valence-corrected chi connectivity index (χ3v) is 1.85. The van der Waals surface area contributed by atoms with Crippen LogP contribution in [0.4, 0.5) is 0 Å². The van der Waals surface area contributed by atoms with Crippen LogP contribution in [0.1, 0.15) is 10.4 Å². The number of carbonyl (C=O) groups is 1. The van der Waals surface area contributed by atoms with E-state index in [-0.39, 0.29) is 5.91 Å². The number of carbonyl (C=O) groups excluding carboxylic acids is 1. The number of benzene rings is 1. The monoisotopic (exact) mass is 229 g/mol. The Bertz CT molecular complexity index is 406. The number of aromatic amines is 1. The van der Waals surface area contributed by atoms with Crippen LogP contribution in [0.2, 0.25) is 0 Å². The highest BCUT2D eigenvalue weighted by Gasteiger charge is 2.00. The lowest BCUT2D eigenvalue weighted by Crippen LogP contribution is -2.22. The van der Waals surface area contributed by atoms with Crippen LogP contribution in [0.25, 0.3) is 0 Å². The van der Waals surface area contributed by atoms with Gasteiger partial charge in [-0.05, 0) is 18.2 Å². The first-order chi connectivity index (χ1) is 8.34. The number of nitrogens with zero attached hydrogens (tertiary/aromatic N) is 1. The van der Waals surface area contributed by atoms with Crippen molar-refractivity contribution in [2.24, 2.45) is 0 Å². The van der Waals surface area contributed by atoms with Crippen LogP contribution < -0.4 is 5.32 Å². The summed E-state index contributed by atoms with van der Waals surface area (Å²) in [6, 6.07) is 10.9. The quantitative estimate of drug-likeness (QED) is 0.791. The smallest absolute Gasteiger partial charge is 0.251 e. The fourth-order valence-electron chi connectivity index (χ4n) is 1.07. The first-order valence-electron chi connectivity index (χ1n) is 5.22. The van der Waals surface area contributed by atoms with Crippen molar-refractivity contribution >= 4 is 5.91 Å². The molecule has 0 radical (unpaired) electrons. The van der Waals surface area contributed by atoms with E-state index in [4.69, 9.17) is 0 Å². The summed E-state index contributed by atoms with van der Waals surface area (Å²) in [6.07, 6.45) is 5.11. The van der Waals surface area contributed by atoms with E-state index in [1.807, 2.05) is 24.3 Å². The lowest BCUT2D eigenvalue weighted by atomic mass is 10.2. The molecule has 0 aliphatic heterocycles. The van der Waals surface area contributed by atoms with Gasteiger partial charge in [0, 0.05) is 24.5 Å². The molecule has 4 nitrogen and oxygen atoms in total. The maximum Gasteiger partial charge on any atom is 0.251 e. The Hall–Kier alpha value is -2.36. The lowest BCUT2D eigenvalue weighted by Gasteiger charge is -2.00. The van der Waals surface area contributed by atoms with Crippen LogP contribution in [-0.2, 0) is 0 Å². The van der Waals surface area contributed by atoms with Crippen LogP contribution >= 0.6 is 0 Å². The second-order valence-corrected chi connectivity index (χ2v) is 3.13. The summed E-state index contributed by atoms with van der Waals surface area (Å²) in [4.78, 5) is 11.2. The Kier molecular flexibility index (Phi) is 5.88. The molecule has 1 aromatic carbocycles. The predicted octanol–water partition coefficient (Wildman–Crippen LogP) is 2.01. The van der Waals surface area contributed by atoms with Crippen molar-refractivity contribution in [2.45, 2.75) is 0 Å². The van der Waals surface area contributed by atoms with E-state index >= 15 is 0 Å². The fourth-order valence-corrected chi connectivity index (χ4v) is 1.07. The molecule has 0 aliphatic carbocycles. The Morgan fingerprint density at radius 1 is 1.35 bits per heavy atom. The molecule has 2 N–H and O–H groups in total. The van der Waals surface area contributed by atoms with E-state index in [2.05, 4.69) is 22.1 Å². The van der Waals surface area contributed by atoms with Crippen molar-refractivity contribution in [1.29, 1.82) is 0 Å². The Morgan fingerprint density at radius 2 is 2.12 bits per heavy atom. The second kappa shape index (κ2) is 7.87. The van der Waals surface area contributed by atoms with Crippen molar-refractivity contribution in [3.05, 3.63) is 67.0 Å². The Balaban J connectivity index is 0.000000239. The first kappa shape index (κ1) is 12.7. The second-order valence-electron chi connectivity index (χ2n) is 3.13. The van der Waals surface area contributed by atoms with Gasteiger partial charge in [0.25, 0.3) is 5.91 Å². The number of amides is 1. The zero-order valence-corrected chi connectivity index (χ0v) is 9.47. The van der Waals surface area contributed by atoms with E-state index in [9.17, 15) is 4.79 Å². The highest BCUT2D eigenvalue weighted by molar-refractivity contribution is 5.94. The maximum absolute atomic E-state index is 11.2. The minimum Gasteiger partial charge on any atom is -0.349 e. The van der Waals surface area contributed by atoms with Gasteiger partial charge in [-0.3, -0.25) is 9.89 Å². The zero-order chi connectivity index (χ0) is 12.3. The summed E-state index contributed by atoms with van der Waals surface area (Å²) in [5, 5.41) is 8.90. The van der Waals surface area contributed by atoms with Gasteiger partial charge in [-0.1, -0.05) is 24.3 Å². The Morgan fingerprint density at radius 3 is 2.59 bits per heavy atom. The standard InChI is InChI=1S/C10H11NO.C3H4N2/c1-2-8-11-10(12)9-6-4-3-5-7-9;1-2-4-5-3-1/h2-7H,1,8H2,(H,11,12);1-3H,(H,4,5). The molecule has 2 rings (SSSR count). The fraction of sp³-hybridized carbons (Fsp3) is 0.0769. The summed E-state index contributed by atoms with van der Waals surface area (Å²) < 4.78 is 0. The molecule has 0 unspecified atom stereocenters. The van der Waals surface area contributed by atoms with Crippen LogP contribution in [0.5, 0.6) is 0 Å². The normalized spacial score (nSPS) is 8.71. The largest absolute Gasteiger partial charge is 0.349 e. The average molecular weight is 229 g/mol. The molecule has 1 aromatic heterocycles. The van der Waals surface area contributed by atoms with E-state index in [0.29, 0.717) is 12.1 Å². The molecule has 1 heterocycles. The third kappa shape index (κ3) is 5.32. The summed E-state index contributed by atoms with van der Waals surface area (Å²) >= 11 is 0. The topological polar surface area (TPSA) is 57.8 Å². The molecule has 0 fully saturated rings. The van der Waals surface area contributed by atoms with Crippen LogP contribution in [0, 0.1) is 0 Å². The van der Waals surface area contributed by atoms with Gasteiger partial charge in [-0.25, -0.2) is 0 Å². The summed E-state index contributed by atoms with van der Waals surface area (Å²) in [6.45, 7) is 4.02. The molecule has 0 spiro atoms. The molecular formula is C13H15N3O. The number of H-pyrrole nitrogens is 1. The number of hydrogen-bond donors (Lipinski definition) is 2. The van der Waals surface area contributed by atoms with E-state index in [1.165, 1.54) is 0 Å². The predicted molar refractivity (Wildman–Crippen MR) is 67.6 cm³/mol. The van der Waals surface area contributed by atoms with E-state index < -0.39 is 0 Å².